The lowest BCUT2D eigenvalue weighted by Gasteiger charge is -2.11. The number of aryl methyl sites for hydroxylation is 1. The van der Waals surface area contributed by atoms with Gasteiger partial charge in [-0.2, -0.15) is 0 Å². The number of hydrogen-bond acceptors (Lipinski definition) is 4. The summed E-state index contributed by atoms with van der Waals surface area (Å²) in [5, 5.41) is 4.43. The highest BCUT2D eigenvalue weighted by Gasteiger charge is 2.16. The lowest BCUT2D eigenvalue weighted by molar-refractivity contribution is 0.555. The Morgan fingerprint density at radius 3 is 2.89 bits per heavy atom. The van der Waals surface area contributed by atoms with E-state index in [1.54, 1.807) is 11.3 Å². The van der Waals surface area contributed by atoms with E-state index in [1.165, 1.54) is 4.88 Å². The first kappa shape index (κ1) is 13.8. The number of halogens is 1. The Balaban J connectivity index is 2.21. The first-order valence-corrected chi connectivity index (χ1v) is 7.69. The molecule has 98 valence electrons. The van der Waals surface area contributed by atoms with Crippen LogP contribution in [0, 0.1) is 6.92 Å². The molecule has 0 aromatic carbocycles. The number of nitrogens with one attached hydrogen (secondary N) is 1. The van der Waals surface area contributed by atoms with Crippen molar-refractivity contribution in [2.75, 3.05) is 6.54 Å². The summed E-state index contributed by atoms with van der Waals surface area (Å²) >= 11 is 5.01. The third-order valence-electron chi connectivity index (χ3n) is 2.71. The standard InChI is InChI=1S/C13H17BrN2OS/c1-4-7-15-8(2)12-9(3)16-13(18-12)10-5-6-11(14)17-10/h5-6,8,15H,4,7H2,1-3H3. The molecular formula is C13H17BrN2OS. The second kappa shape index (κ2) is 5.99. The van der Waals surface area contributed by atoms with E-state index in [9.17, 15) is 0 Å². The minimum absolute atomic E-state index is 0.342. The topological polar surface area (TPSA) is 38.1 Å². The van der Waals surface area contributed by atoms with Gasteiger partial charge in [0.2, 0.25) is 0 Å². The van der Waals surface area contributed by atoms with Crippen molar-refractivity contribution in [1.29, 1.82) is 0 Å². The first-order valence-electron chi connectivity index (χ1n) is 6.08. The molecule has 0 amide bonds. The van der Waals surface area contributed by atoms with Crippen LogP contribution in [0.5, 0.6) is 0 Å². The van der Waals surface area contributed by atoms with E-state index in [4.69, 9.17) is 4.42 Å². The van der Waals surface area contributed by atoms with Gasteiger partial charge >= 0.3 is 0 Å². The van der Waals surface area contributed by atoms with Crippen LogP contribution in [0.3, 0.4) is 0 Å². The Morgan fingerprint density at radius 1 is 1.50 bits per heavy atom. The van der Waals surface area contributed by atoms with Crippen molar-refractivity contribution in [1.82, 2.24) is 10.3 Å². The summed E-state index contributed by atoms with van der Waals surface area (Å²) in [5.74, 6) is 0.823. The van der Waals surface area contributed by atoms with Gasteiger partial charge in [0.25, 0.3) is 0 Å². The lowest BCUT2D eigenvalue weighted by atomic mass is 10.2. The van der Waals surface area contributed by atoms with Crippen molar-refractivity contribution in [2.24, 2.45) is 0 Å². The van der Waals surface area contributed by atoms with Gasteiger partial charge in [-0.1, -0.05) is 6.92 Å². The van der Waals surface area contributed by atoms with Crippen LogP contribution < -0.4 is 5.32 Å². The second-order valence-corrected chi connectivity index (χ2v) is 6.06. The van der Waals surface area contributed by atoms with Gasteiger partial charge in [0.1, 0.15) is 0 Å². The molecular weight excluding hydrogens is 312 g/mol. The van der Waals surface area contributed by atoms with E-state index in [-0.39, 0.29) is 0 Å². The van der Waals surface area contributed by atoms with Crippen LogP contribution in [-0.4, -0.2) is 11.5 Å². The van der Waals surface area contributed by atoms with Gasteiger partial charge < -0.3 is 9.73 Å². The molecule has 0 radical (unpaired) electrons. The number of rotatable bonds is 5. The number of furan rings is 1. The normalized spacial score (nSPS) is 12.9. The highest BCUT2D eigenvalue weighted by Crippen LogP contribution is 2.33. The molecule has 2 aromatic heterocycles. The summed E-state index contributed by atoms with van der Waals surface area (Å²) in [4.78, 5) is 5.87. The highest BCUT2D eigenvalue weighted by molar-refractivity contribution is 9.10. The fourth-order valence-electron chi connectivity index (χ4n) is 1.80. The summed E-state index contributed by atoms with van der Waals surface area (Å²) in [6.45, 7) is 7.43. The monoisotopic (exact) mass is 328 g/mol. The predicted molar refractivity (Wildman–Crippen MR) is 79.0 cm³/mol. The third kappa shape index (κ3) is 3.02. The molecule has 5 heteroatoms. The minimum Gasteiger partial charge on any atom is -0.447 e. The zero-order valence-electron chi connectivity index (χ0n) is 10.8. The van der Waals surface area contributed by atoms with Crippen molar-refractivity contribution >= 4 is 27.3 Å². The van der Waals surface area contributed by atoms with E-state index < -0.39 is 0 Å². The van der Waals surface area contributed by atoms with Crippen LogP contribution in [0.25, 0.3) is 10.8 Å². The molecule has 0 fully saturated rings. The molecule has 1 atom stereocenters. The Kier molecular flexibility index (Phi) is 4.59. The molecule has 0 aliphatic heterocycles. The summed E-state index contributed by atoms with van der Waals surface area (Å²) in [6, 6.07) is 4.18. The largest absolute Gasteiger partial charge is 0.447 e. The van der Waals surface area contributed by atoms with Gasteiger partial charge in [-0.25, -0.2) is 4.98 Å². The zero-order valence-corrected chi connectivity index (χ0v) is 13.2. The molecule has 0 spiro atoms. The van der Waals surface area contributed by atoms with Crippen molar-refractivity contribution in [2.45, 2.75) is 33.2 Å². The number of hydrogen-bond donors (Lipinski definition) is 1. The maximum absolute atomic E-state index is 5.54. The fourth-order valence-corrected chi connectivity index (χ4v) is 3.16. The molecule has 0 saturated carbocycles. The molecule has 2 rings (SSSR count). The van der Waals surface area contributed by atoms with Gasteiger partial charge in [0.15, 0.2) is 15.4 Å². The highest BCUT2D eigenvalue weighted by atomic mass is 79.9. The van der Waals surface area contributed by atoms with E-state index in [1.807, 2.05) is 12.1 Å². The number of thiazole rings is 1. The molecule has 1 unspecified atom stereocenters. The first-order chi connectivity index (χ1) is 8.61. The van der Waals surface area contributed by atoms with Crippen molar-refractivity contribution in [3.8, 4) is 10.8 Å². The number of aromatic nitrogens is 1. The van der Waals surface area contributed by atoms with E-state index >= 15 is 0 Å². The van der Waals surface area contributed by atoms with Crippen molar-refractivity contribution in [3.63, 3.8) is 0 Å². The SMILES string of the molecule is CCCNC(C)c1sc(-c2ccc(Br)o2)nc1C. The molecule has 18 heavy (non-hydrogen) atoms. The average Bonchev–Trinajstić information content (AvgIpc) is 2.92. The Morgan fingerprint density at radius 2 is 2.28 bits per heavy atom. The summed E-state index contributed by atoms with van der Waals surface area (Å²) < 4.78 is 6.28. The second-order valence-electron chi connectivity index (χ2n) is 4.25. The van der Waals surface area contributed by atoms with Crippen LogP contribution in [0.4, 0.5) is 0 Å². The molecule has 2 heterocycles. The van der Waals surface area contributed by atoms with Crippen LogP contribution in [0.15, 0.2) is 21.2 Å². The Bertz CT molecular complexity index is 521. The fraction of sp³-hybridized carbons (Fsp3) is 0.462. The van der Waals surface area contributed by atoms with Crippen LogP contribution in [0.1, 0.15) is 36.9 Å². The summed E-state index contributed by atoms with van der Waals surface area (Å²) in [5.41, 5.74) is 1.08. The Labute approximate surface area is 120 Å². The lowest BCUT2D eigenvalue weighted by Crippen LogP contribution is -2.18. The van der Waals surface area contributed by atoms with Gasteiger partial charge in [0.05, 0.1) is 5.69 Å². The maximum atomic E-state index is 5.54. The maximum Gasteiger partial charge on any atom is 0.170 e. The summed E-state index contributed by atoms with van der Waals surface area (Å²) in [7, 11) is 0. The van der Waals surface area contributed by atoms with Crippen LogP contribution >= 0.6 is 27.3 Å². The van der Waals surface area contributed by atoms with Crippen LogP contribution in [-0.2, 0) is 0 Å². The zero-order chi connectivity index (χ0) is 13.1. The van der Waals surface area contributed by atoms with Gasteiger partial charge in [-0.15, -0.1) is 11.3 Å². The van der Waals surface area contributed by atoms with Crippen molar-refractivity contribution < 1.29 is 4.42 Å². The molecule has 3 nitrogen and oxygen atoms in total. The van der Waals surface area contributed by atoms with E-state index in [2.05, 4.69) is 47.0 Å². The van der Waals surface area contributed by atoms with Crippen molar-refractivity contribution in [3.05, 3.63) is 27.4 Å². The smallest absolute Gasteiger partial charge is 0.170 e. The predicted octanol–water partition coefficient (Wildman–Crippen LogP) is 4.53. The quantitative estimate of drug-likeness (QED) is 0.875. The third-order valence-corrected chi connectivity index (χ3v) is 4.49. The average molecular weight is 329 g/mol. The molecule has 0 aliphatic carbocycles. The summed E-state index contributed by atoms with van der Waals surface area (Å²) in [6.07, 6.45) is 1.14. The molecule has 0 saturated heterocycles. The van der Waals surface area contributed by atoms with Gasteiger partial charge in [-0.05, 0) is 54.9 Å². The van der Waals surface area contributed by atoms with Gasteiger partial charge in [0, 0.05) is 10.9 Å². The van der Waals surface area contributed by atoms with Crippen LogP contribution in [0.2, 0.25) is 0 Å². The van der Waals surface area contributed by atoms with E-state index in [0.29, 0.717) is 6.04 Å². The van der Waals surface area contributed by atoms with E-state index in [0.717, 1.165) is 34.1 Å². The van der Waals surface area contributed by atoms with Gasteiger partial charge in [-0.3, -0.25) is 0 Å². The Hall–Kier alpha value is -0.650. The molecule has 0 bridgehead atoms. The number of nitrogens with zero attached hydrogens (tertiary/aromatic N) is 1. The molecule has 0 aliphatic rings. The minimum atomic E-state index is 0.342. The molecule has 2 aromatic rings. The molecule has 1 N–H and O–H groups in total.